The molecule has 6 heteroatoms. The van der Waals surface area contributed by atoms with Crippen LogP contribution in [0, 0.1) is 0 Å². The lowest BCUT2D eigenvalue weighted by molar-refractivity contribution is -0.131. The summed E-state index contributed by atoms with van der Waals surface area (Å²) in [6.07, 6.45) is 2.85. The van der Waals surface area contributed by atoms with Crippen LogP contribution in [0.5, 0.6) is 11.5 Å². The first-order chi connectivity index (χ1) is 14.1. The fraction of sp³-hybridized carbons (Fsp3) is 0.435. The van der Waals surface area contributed by atoms with Gasteiger partial charge in [-0.05, 0) is 49.1 Å². The number of amides is 1. The number of carbonyl (C=O) groups is 1. The molecule has 1 fully saturated rings. The Balaban J connectivity index is 1.42. The van der Waals surface area contributed by atoms with E-state index in [4.69, 9.17) is 21.1 Å². The molecule has 1 N–H and O–H groups in total. The zero-order valence-electron chi connectivity index (χ0n) is 16.7. The maximum atomic E-state index is 13.0. The van der Waals surface area contributed by atoms with Gasteiger partial charge in [-0.15, -0.1) is 0 Å². The highest BCUT2D eigenvalue weighted by Crippen LogP contribution is 2.38. The van der Waals surface area contributed by atoms with Crippen LogP contribution in [0.1, 0.15) is 49.4 Å². The summed E-state index contributed by atoms with van der Waals surface area (Å²) in [5.74, 6) is 1.68. The number of rotatable bonds is 5. The number of hydrogen-bond donors (Lipinski definition) is 1. The highest BCUT2D eigenvalue weighted by molar-refractivity contribution is 6.31. The Morgan fingerprint density at radius 2 is 1.97 bits per heavy atom. The molecule has 2 aromatic carbocycles. The van der Waals surface area contributed by atoms with Crippen LogP contribution in [0.4, 0.5) is 0 Å². The summed E-state index contributed by atoms with van der Waals surface area (Å²) in [4.78, 5) is 14.9. The number of nitrogens with one attached hydrogen (secondary N) is 1. The molecule has 2 heterocycles. The molecule has 29 heavy (non-hydrogen) atoms. The maximum Gasteiger partial charge on any atom is 0.237 e. The van der Waals surface area contributed by atoms with E-state index in [-0.39, 0.29) is 24.5 Å². The molecule has 0 saturated carbocycles. The average Bonchev–Trinajstić information content (AvgIpc) is 3.11. The number of benzene rings is 2. The topological polar surface area (TPSA) is 50.8 Å². The SMILES string of the molecule is C[C@H](NCC(=O)N1CCC[C@H]1c1ccc2c(c1)OCCCO2)c1ccccc1Cl. The predicted molar refractivity (Wildman–Crippen MR) is 114 cm³/mol. The van der Waals surface area contributed by atoms with Crippen LogP contribution in [0.2, 0.25) is 5.02 Å². The van der Waals surface area contributed by atoms with E-state index in [1.54, 1.807) is 0 Å². The number of fused-ring (bicyclic) bond motifs is 1. The Bertz CT molecular complexity index is 873. The van der Waals surface area contributed by atoms with Crippen molar-refractivity contribution in [3.8, 4) is 11.5 Å². The number of hydrogen-bond acceptors (Lipinski definition) is 4. The molecule has 2 atom stereocenters. The highest BCUT2D eigenvalue weighted by atomic mass is 35.5. The zero-order valence-corrected chi connectivity index (χ0v) is 17.5. The predicted octanol–water partition coefficient (Wildman–Crippen LogP) is 4.52. The van der Waals surface area contributed by atoms with Gasteiger partial charge in [-0.2, -0.15) is 0 Å². The van der Waals surface area contributed by atoms with Gasteiger partial charge in [0.05, 0.1) is 25.8 Å². The normalized spacial score (nSPS) is 19.7. The molecule has 154 valence electrons. The molecule has 1 saturated heterocycles. The summed E-state index contributed by atoms with van der Waals surface area (Å²) in [5, 5.41) is 4.04. The van der Waals surface area contributed by atoms with E-state index in [0.29, 0.717) is 18.2 Å². The minimum absolute atomic E-state index is 0.00625. The molecule has 2 aromatic rings. The highest BCUT2D eigenvalue weighted by Gasteiger charge is 2.30. The lowest BCUT2D eigenvalue weighted by Crippen LogP contribution is -2.38. The summed E-state index contributed by atoms with van der Waals surface area (Å²) >= 11 is 6.28. The van der Waals surface area contributed by atoms with Gasteiger partial charge in [0.25, 0.3) is 0 Å². The third-order valence-electron chi connectivity index (χ3n) is 5.66. The van der Waals surface area contributed by atoms with E-state index < -0.39 is 0 Å². The van der Waals surface area contributed by atoms with Gasteiger partial charge in [0.1, 0.15) is 0 Å². The van der Waals surface area contributed by atoms with E-state index in [1.807, 2.05) is 48.2 Å². The van der Waals surface area contributed by atoms with Crippen molar-refractivity contribution in [1.82, 2.24) is 10.2 Å². The van der Waals surface area contributed by atoms with Crippen molar-refractivity contribution in [3.63, 3.8) is 0 Å². The number of nitrogens with zero attached hydrogens (tertiary/aromatic N) is 1. The summed E-state index contributed by atoms with van der Waals surface area (Å²) in [6, 6.07) is 13.9. The Hall–Kier alpha value is -2.24. The van der Waals surface area contributed by atoms with Crippen LogP contribution >= 0.6 is 11.6 Å². The number of likely N-dealkylation sites (tertiary alicyclic amines) is 1. The van der Waals surface area contributed by atoms with Crippen LogP contribution in [0.15, 0.2) is 42.5 Å². The van der Waals surface area contributed by atoms with Gasteiger partial charge < -0.3 is 19.7 Å². The second kappa shape index (κ2) is 9.06. The van der Waals surface area contributed by atoms with E-state index >= 15 is 0 Å². The minimum atomic E-state index is 0.00625. The molecule has 0 unspecified atom stereocenters. The van der Waals surface area contributed by atoms with E-state index in [9.17, 15) is 4.79 Å². The van der Waals surface area contributed by atoms with Crippen molar-refractivity contribution >= 4 is 17.5 Å². The quantitative estimate of drug-likeness (QED) is 0.781. The molecule has 5 nitrogen and oxygen atoms in total. The fourth-order valence-corrected chi connectivity index (χ4v) is 4.38. The van der Waals surface area contributed by atoms with Crippen molar-refractivity contribution in [3.05, 3.63) is 58.6 Å². The van der Waals surface area contributed by atoms with Gasteiger partial charge in [0.15, 0.2) is 11.5 Å². The first kappa shape index (κ1) is 20.0. The fourth-order valence-electron chi connectivity index (χ4n) is 4.08. The Kier molecular flexibility index (Phi) is 6.26. The molecule has 2 aliphatic rings. The average molecular weight is 415 g/mol. The summed E-state index contributed by atoms with van der Waals surface area (Å²) in [6.45, 7) is 4.43. The lowest BCUT2D eigenvalue weighted by atomic mass is 10.0. The molecule has 2 aliphatic heterocycles. The Labute approximate surface area is 176 Å². The lowest BCUT2D eigenvalue weighted by Gasteiger charge is -2.27. The monoisotopic (exact) mass is 414 g/mol. The Morgan fingerprint density at radius 1 is 1.17 bits per heavy atom. The van der Waals surface area contributed by atoms with Crippen LogP contribution in [0.3, 0.4) is 0 Å². The van der Waals surface area contributed by atoms with Gasteiger partial charge in [-0.25, -0.2) is 0 Å². The molecule has 1 amide bonds. The number of ether oxygens (including phenoxy) is 2. The van der Waals surface area contributed by atoms with Crippen LogP contribution in [-0.4, -0.2) is 37.1 Å². The maximum absolute atomic E-state index is 13.0. The summed E-state index contributed by atoms with van der Waals surface area (Å²) in [5.41, 5.74) is 2.11. The van der Waals surface area contributed by atoms with Crippen LogP contribution in [-0.2, 0) is 4.79 Å². The molecular formula is C23H27ClN2O3. The third kappa shape index (κ3) is 4.51. The molecular weight excluding hydrogens is 388 g/mol. The van der Waals surface area contributed by atoms with Crippen molar-refractivity contribution in [2.24, 2.45) is 0 Å². The molecule has 0 aromatic heterocycles. The van der Waals surface area contributed by atoms with E-state index in [1.165, 1.54) is 0 Å². The largest absolute Gasteiger partial charge is 0.490 e. The molecule has 0 spiro atoms. The molecule has 0 aliphatic carbocycles. The number of halogens is 1. The summed E-state index contributed by atoms with van der Waals surface area (Å²) in [7, 11) is 0. The van der Waals surface area contributed by atoms with Gasteiger partial charge in [-0.1, -0.05) is 35.9 Å². The number of carbonyl (C=O) groups excluding carboxylic acids is 1. The second-order valence-corrected chi connectivity index (χ2v) is 8.03. The van der Waals surface area contributed by atoms with Gasteiger partial charge in [-0.3, -0.25) is 4.79 Å². The smallest absolute Gasteiger partial charge is 0.237 e. The van der Waals surface area contributed by atoms with Crippen LogP contribution < -0.4 is 14.8 Å². The van der Waals surface area contributed by atoms with E-state index in [2.05, 4.69) is 11.4 Å². The second-order valence-electron chi connectivity index (χ2n) is 7.63. The summed E-state index contributed by atoms with van der Waals surface area (Å²) < 4.78 is 11.6. The first-order valence-electron chi connectivity index (χ1n) is 10.3. The van der Waals surface area contributed by atoms with Gasteiger partial charge in [0.2, 0.25) is 5.91 Å². The molecule has 0 bridgehead atoms. The van der Waals surface area contributed by atoms with Gasteiger partial charge >= 0.3 is 0 Å². The zero-order chi connectivity index (χ0) is 20.2. The van der Waals surface area contributed by atoms with Crippen molar-refractivity contribution in [1.29, 1.82) is 0 Å². The molecule has 0 radical (unpaired) electrons. The van der Waals surface area contributed by atoms with Crippen molar-refractivity contribution in [2.75, 3.05) is 26.3 Å². The van der Waals surface area contributed by atoms with Gasteiger partial charge in [0, 0.05) is 24.0 Å². The van der Waals surface area contributed by atoms with Crippen molar-refractivity contribution in [2.45, 2.75) is 38.3 Å². The standard InChI is InChI=1S/C23H27ClN2O3/c1-16(18-6-2-3-7-19(18)24)25-15-23(27)26-11-4-8-20(26)17-9-10-21-22(14-17)29-13-5-12-28-21/h2-3,6-7,9-10,14,16,20,25H,4-5,8,11-13,15H2,1H3/t16-,20-/m0/s1. The molecule has 4 rings (SSSR count). The van der Waals surface area contributed by atoms with Crippen molar-refractivity contribution < 1.29 is 14.3 Å². The Morgan fingerprint density at radius 3 is 2.79 bits per heavy atom. The minimum Gasteiger partial charge on any atom is -0.490 e. The van der Waals surface area contributed by atoms with E-state index in [0.717, 1.165) is 48.4 Å². The first-order valence-corrected chi connectivity index (χ1v) is 10.7. The van der Waals surface area contributed by atoms with Crippen LogP contribution in [0.25, 0.3) is 0 Å². The third-order valence-corrected chi connectivity index (χ3v) is 6.00.